The second-order valence-corrected chi connectivity index (χ2v) is 6.16. The highest BCUT2D eigenvalue weighted by Crippen LogP contribution is 2.29. The van der Waals surface area contributed by atoms with Gasteiger partial charge in [-0.3, -0.25) is 4.90 Å². The smallest absolute Gasteiger partial charge is 0.122 e. The van der Waals surface area contributed by atoms with Crippen LogP contribution in [0.25, 0.3) is 0 Å². The van der Waals surface area contributed by atoms with Crippen LogP contribution in [-0.2, 0) is 13.1 Å². The van der Waals surface area contributed by atoms with E-state index in [-0.39, 0.29) is 0 Å². The van der Waals surface area contributed by atoms with E-state index in [0.717, 1.165) is 25.6 Å². The summed E-state index contributed by atoms with van der Waals surface area (Å²) >= 11 is 0. The predicted octanol–water partition coefficient (Wildman–Crippen LogP) is 1.87. The zero-order chi connectivity index (χ0) is 13.2. The van der Waals surface area contributed by atoms with E-state index in [1.54, 1.807) is 0 Å². The lowest BCUT2D eigenvalue weighted by atomic mass is 9.82. The SMILES string of the molecule is CCNC1CCC(C)CC1N1CCn2ccnc2C1. The maximum absolute atomic E-state index is 4.49. The molecule has 4 heteroatoms. The van der Waals surface area contributed by atoms with Gasteiger partial charge in [0.15, 0.2) is 0 Å². The van der Waals surface area contributed by atoms with Gasteiger partial charge in [-0.15, -0.1) is 0 Å². The zero-order valence-corrected chi connectivity index (χ0v) is 12.2. The zero-order valence-electron chi connectivity index (χ0n) is 12.2. The molecule has 0 aromatic carbocycles. The van der Waals surface area contributed by atoms with E-state index < -0.39 is 0 Å². The van der Waals surface area contributed by atoms with Crippen LogP contribution < -0.4 is 5.32 Å². The van der Waals surface area contributed by atoms with E-state index in [1.807, 2.05) is 6.20 Å². The molecule has 3 atom stereocenters. The van der Waals surface area contributed by atoms with Crippen molar-refractivity contribution < 1.29 is 0 Å². The number of nitrogens with zero attached hydrogens (tertiary/aromatic N) is 3. The van der Waals surface area contributed by atoms with E-state index in [2.05, 4.69) is 39.8 Å². The Labute approximate surface area is 116 Å². The average Bonchev–Trinajstić information content (AvgIpc) is 2.88. The third-order valence-corrected chi connectivity index (χ3v) is 4.79. The van der Waals surface area contributed by atoms with Gasteiger partial charge >= 0.3 is 0 Å². The largest absolute Gasteiger partial charge is 0.333 e. The van der Waals surface area contributed by atoms with Crippen LogP contribution in [0.15, 0.2) is 12.4 Å². The molecule has 1 aliphatic carbocycles. The normalized spacial score (nSPS) is 32.2. The molecule has 0 bridgehead atoms. The molecule has 1 fully saturated rings. The van der Waals surface area contributed by atoms with Gasteiger partial charge in [0.2, 0.25) is 0 Å². The van der Waals surface area contributed by atoms with E-state index in [9.17, 15) is 0 Å². The minimum atomic E-state index is 0.669. The molecular formula is C15H26N4. The maximum Gasteiger partial charge on any atom is 0.122 e. The number of hydrogen-bond acceptors (Lipinski definition) is 3. The van der Waals surface area contributed by atoms with Gasteiger partial charge in [-0.1, -0.05) is 13.8 Å². The first-order chi connectivity index (χ1) is 9.28. The minimum Gasteiger partial charge on any atom is -0.333 e. The van der Waals surface area contributed by atoms with Gasteiger partial charge in [-0.25, -0.2) is 4.98 Å². The van der Waals surface area contributed by atoms with E-state index in [4.69, 9.17) is 0 Å². The summed E-state index contributed by atoms with van der Waals surface area (Å²) in [4.78, 5) is 7.15. The molecule has 1 saturated carbocycles. The van der Waals surface area contributed by atoms with Gasteiger partial charge in [0.05, 0.1) is 6.54 Å². The second kappa shape index (κ2) is 5.63. The van der Waals surface area contributed by atoms with Crippen molar-refractivity contribution in [1.29, 1.82) is 0 Å². The van der Waals surface area contributed by atoms with Gasteiger partial charge in [0.1, 0.15) is 5.82 Å². The lowest BCUT2D eigenvalue weighted by Crippen LogP contribution is -2.54. The van der Waals surface area contributed by atoms with Crippen LogP contribution in [0.3, 0.4) is 0 Å². The van der Waals surface area contributed by atoms with Crippen LogP contribution in [0.2, 0.25) is 0 Å². The molecule has 2 heterocycles. The van der Waals surface area contributed by atoms with E-state index >= 15 is 0 Å². The van der Waals surface area contributed by atoms with Gasteiger partial charge in [-0.2, -0.15) is 0 Å². The summed E-state index contributed by atoms with van der Waals surface area (Å²) in [7, 11) is 0. The van der Waals surface area contributed by atoms with Gasteiger partial charge in [0.25, 0.3) is 0 Å². The molecule has 0 amide bonds. The number of fused-ring (bicyclic) bond motifs is 1. The maximum atomic E-state index is 4.49. The third-order valence-electron chi connectivity index (χ3n) is 4.79. The Morgan fingerprint density at radius 1 is 1.37 bits per heavy atom. The number of nitrogens with one attached hydrogen (secondary N) is 1. The fourth-order valence-corrected chi connectivity index (χ4v) is 3.73. The quantitative estimate of drug-likeness (QED) is 0.902. The van der Waals surface area contributed by atoms with Crippen molar-refractivity contribution in [3.05, 3.63) is 18.2 Å². The standard InChI is InChI=1S/C15H26N4/c1-3-16-13-5-4-12(2)10-14(13)19-9-8-18-7-6-17-15(18)11-19/h6-7,12-14,16H,3-5,8-11H2,1-2H3. The molecule has 2 aliphatic rings. The molecule has 1 N–H and O–H groups in total. The van der Waals surface area contributed by atoms with E-state index in [0.29, 0.717) is 12.1 Å². The summed E-state index contributed by atoms with van der Waals surface area (Å²) in [5, 5.41) is 3.70. The van der Waals surface area contributed by atoms with Crippen molar-refractivity contribution in [2.24, 2.45) is 5.92 Å². The minimum absolute atomic E-state index is 0.669. The molecule has 106 valence electrons. The van der Waals surface area contributed by atoms with Crippen LogP contribution >= 0.6 is 0 Å². The molecule has 0 saturated heterocycles. The first-order valence-electron chi connectivity index (χ1n) is 7.75. The Bertz CT molecular complexity index is 414. The van der Waals surface area contributed by atoms with Crippen molar-refractivity contribution in [3.8, 4) is 0 Å². The topological polar surface area (TPSA) is 33.1 Å². The van der Waals surface area contributed by atoms with Gasteiger partial charge in [-0.05, 0) is 31.7 Å². The number of hydrogen-bond donors (Lipinski definition) is 1. The third kappa shape index (κ3) is 2.70. The van der Waals surface area contributed by atoms with Gasteiger partial charge < -0.3 is 9.88 Å². The van der Waals surface area contributed by atoms with Crippen LogP contribution in [0, 0.1) is 5.92 Å². The molecule has 0 radical (unpaired) electrons. The van der Waals surface area contributed by atoms with Crippen LogP contribution in [0.5, 0.6) is 0 Å². The number of aromatic nitrogens is 2. The molecule has 3 rings (SSSR count). The lowest BCUT2D eigenvalue weighted by molar-refractivity contribution is 0.0766. The Morgan fingerprint density at radius 3 is 3.11 bits per heavy atom. The van der Waals surface area contributed by atoms with Crippen LogP contribution in [0.1, 0.15) is 38.9 Å². The highest BCUT2D eigenvalue weighted by Gasteiger charge is 2.34. The lowest BCUT2D eigenvalue weighted by Gasteiger charge is -2.43. The number of imidazole rings is 1. The van der Waals surface area contributed by atoms with E-state index in [1.165, 1.54) is 31.6 Å². The van der Waals surface area contributed by atoms with Crippen molar-refractivity contribution >= 4 is 0 Å². The van der Waals surface area contributed by atoms with Crippen molar-refractivity contribution in [3.63, 3.8) is 0 Å². The summed E-state index contributed by atoms with van der Waals surface area (Å²) in [6.07, 6.45) is 8.07. The van der Waals surface area contributed by atoms with Crippen molar-refractivity contribution in [2.75, 3.05) is 13.1 Å². The number of likely N-dealkylation sites (N-methyl/N-ethyl adjacent to an activating group) is 1. The van der Waals surface area contributed by atoms with Crippen LogP contribution in [-0.4, -0.2) is 39.6 Å². The highest BCUT2D eigenvalue weighted by atomic mass is 15.3. The van der Waals surface area contributed by atoms with Crippen molar-refractivity contribution in [2.45, 2.75) is 58.3 Å². The Hall–Kier alpha value is -0.870. The monoisotopic (exact) mass is 262 g/mol. The molecule has 1 aliphatic heterocycles. The number of rotatable bonds is 3. The fourth-order valence-electron chi connectivity index (χ4n) is 3.73. The fraction of sp³-hybridized carbons (Fsp3) is 0.800. The Morgan fingerprint density at radius 2 is 2.26 bits per heavy atom. The Kier molecular flexibility index (Phi) is 3.89. The molecule has 1 aromatic rings. The Balaban J connectivity index is 1.72. The first-order valence-corrected chi connectivity index (χ1v) is 7.75. The van der Waals surface area contributed by atoms with Crippen LogP contribution in [0.4, 0.5) is 0 Å². The van der Waals surface area contributed by atoms with Gasteiger partial charge in [0, 0.05) is 37.6 Å². The molecule has 1 aromatic heterocycles. The first kappa shape index (κ1) is 13.1. The molecular weight excluding hydrogens is 236 g/mol. The summed E-state index contributed by atoms with van der Waals surface area (Å²) in [5.74, 6) is 2.10. The summed E-state index contributed by atoms with van der Waals surface area (Å²) in [6, 6.07) is 1.36. The summed E-state index contributed by atoms with van der Waals surface area (Å²) in [5.41, 5.74) is 0. The summed E-state index contributed by atoms with van der Waals surface area (Å²) < 4.78 is 2.30. The molecule has 4 nitrogen and oxygen atoms in total. The summed E-state index contributed by atoms with van der Waals surface area (Å²) in [6.45, 7) is 8.99. The van der Waals surface area contributed by atoms with Crippen molar-refractivity contribution in [1.82, 2.24) is 19.8 Å². The molecule has 3 unspecified atom stereocenters. The molecule has 0 spiro atoms. The average molecular weight is 262 g/mol. The molecule has 19 heavy (non-hydrogen) atoms. The highest BCUT2D eigenvalue weighted by molar-refractivity contribution is 4.99. The predicted molar refractivity (Wildman–Crippen MR) is 76.9 cm³/mol. The second-order valence-electron chi connectivity index (χ2n) is 6.16.